The molecule has 3 rings (SSSR count). The van der Waals surface area contributed by atoms with E-state index < -0.39 is 5.97 Å². The van der Waals surface area contributed by atoms with Crippen molar-refractivity contribution >= 4 is 5.97 Å². The van der Waals surface area contributed by atoms with Gasteiger partial charge in [-0.3, -0.25) is 4.98 Å². The van der Waals surface area contributed by atoms with Gasteiger partial charge in [-0.15, -0.1) is 0 Å². The molecule has 0 atom stereocenters. The van der Waals surface area contributed by atoms with Gasteiger partial charge in [0.2, 0.25) is 0 Å². The lowest BCUT2D eigenvalue weighted by molar-refractivity contribution is 0.0697. The highest BCUT2D eigenvalue weighted by Gasteiger charge is 2.23. The molecule has 24 heavy (non-hydrogen) atoms. The topological polar surface area (TPSA) is 66.3 Å². The van der Waals surface area contributed by atoms with Gasteiger partial charge in [0.25, 0.3) is 0 Å². The molecule has 0 bridgehead atoms. The summed E-state index contributed by atoms with van der Waals surface area (Å²) in [6.45, 7) is 6.59. The number of carboxylic acids is 1. The van der Waals surface area contributed by atoms with Crippen LogP contribution in [0.2, 0.25) is 0 Å². The summed E-state index contributed by atoms with van der Waals surface area (Å²) in [5.41, 5.74) is 2.49. The van der Waals surface area contributed by atoms with Gasteiger partial charge in [0, 0.05) is 23.7 Å². The molecule has 0 radical (unpaired) electrons. The minimum absolute atomic E-state index is 0.263. The van der Waals surface area contributed by atoms with Crippen LogP contribution in [0, 0.1) is 0 Å². The summed E-state index contributed by atoms with van der Waals surface area (Å²) in [5, 5.41) is 9.37. The second-order valence-electron chi connectivity index (χ2n) is 6.58. The maximum absolute atomic E-state index is 11.4. The lowest BCUT2D eigenvalue weighted by Crippen LogP contribution is -2.38. The molecule has 0 aliphatic carbocycles. The molecular formula is C19H23N3O2. The van der Waals surface area contributed by atoms with Gasteiger partial charge in [0.1, 0.15) is 0 Å². The van der Waals surface area contributed by atoms with Crippen LogP contribution in [0.15, 0.2) is 36.7 Å². The van der Waals surface area contributed by atoms with Gasteiger partial charge in [-0.05, 0) is 45.8 Å². The average Bonchev–Trinajstić information content (AvgIpc) is 2.62. The molecule has 5 nitrogen and oxygen atoms in total. The Labute approximate surface area is 142 Å². The molecule has 0 amide bonds. The summed E-state index contributed by atoms with van der Waals surface area (Å²) in [6, 6.07) is 7.53. The standard InChI is InChI=1S/C19H23N3O2/c1-13(2)22-9-7-14(8-10-22)17-11-20-12-18(21-17)15-5-3-4-6-16(15)19(23)24/h3-6,11-14H,7-10H2,1-2H3,(H,23,24). The first-order valence-electron chi connectivity index (χ1n) is 8.45. The smallest absolute Gasteiger partial charge is 0.336 e. The maximum Gasteiger partial charge on any atom is 0.336 e. The Kier molecular flexibility index (Phi) is 4.90. The second-order valence-corrected chi connectivity index (χ2v) is 6.58. The molecule has 1 aromatic heterocycles. The highest BCUT2D eigenvalue weighted by molar-refractivity contribution is 5.95. The van der Waals surface area contributed by atoms with Crippen molar-refractivity contribution in [1.29, 1.82) is 0 Å². The van der Waals surface area contributed by atoms with Crippen LogP contribution in [0.4, 0.5) is 0 Å². The fourth-order valence-electron chi connectivity index (χ4n) is 3.31. The summed E-state index contributed by atoms with van der Waals surface area (Å²) >= 11 is 0. The van der Waals surface area contributed by atoms with Crippen LogP contribution < -0.4 is 0 Å². The maximum atomic E-state index is 11.4. The number of aromatic nitrogens is 2. The fourth-order valence-corrected chi connectivity index (χ4v) is 3.31. The van der Waals surface area contributed by atoms with E-state index in [0.29, 0.717) is 23.2 Å². The first-order valence-corrected chi connectivity index (χ1v) is 8.45. The van der Waals surface area contributed by atoms with Crippen LogP contribution >= 0.6 is 0 Å². The third kappa shape index (κ3) is 3.46. The van der Waals surface area contributed by atoms with Crippen molar-refractivity contribution in [2.24, 2.45) is 0 Å². The SMILES string of the molecule is CC(C)N1CCC(c2cncc(-c3ccccc3C(=O)O)n2)CC1. The Hall–Kier alpha value is -2.27. The molecule has 126 valence electrons. The minimum Gasteiger partial charge on any atom is -0.478 e. The van der Waals surface area contributed by atoms with E-state index in [-0.39, 0.29) is 5.56 Å². The number of benzene rings is 1. The van der Waals surface area contributed by atoms with Crippen LogP contribution in [-0.4, -0.2) is 45.1 Å². The Morgan fingerprint density at radius 2 is 1.92 bits per heavy atom. The van der Waals surface area contributed by atoms with Gasteiger partial charge < -0.3 is 10.0 Å². The number of rotatable bonds is 4. The number of likely N-dealkylation sites (tertiary alicyclic amines) is 1. The number of hydrogen-bond donors (Lipinski definition) is 1. The highest BCUT2D eigenvalue weighted by atomic mass is 16.4. The van der Waals surface area contributed by atoms with Crippen molar-refractivity contribution < 1.29 is 9.90 Å². The molecule has 0 saturated carbocycles. The van der Waals surface area contributed by atoms with E-state index >= 15 is 0 Å². The lowest BCUT2D eigenvalue weighted by Gasteiger charge is -2.34. The zero-order valence-corrected chi connectivity index (χ0v) is 14.1. The van der Waals surface area contributed by atoms with Gasteiger partial charge in [0.05, 0.1) is 23.1 Å². The molecule has 5 heteroatoms. The Balaban J connectivity index is 1.85. The van der Waals surface area contributed by atoms with Crippen LogP contribution in [0.1, 0.15) is 48.7 Å². The zero-order chi connectivity index (χ0) is 17.1. The van der Waals surface area contributed by atoms with Crippen molar-refractivity contribution in [3.05, 3.63) is 47.9 Å². The normalized spacial score (nSPS) is 16.5. The number of nitrogens with zero attached hydrogens (tertiary/aromatic N) is 3. The van der Waals surface area contributed by atoms with E-state index in [1.165, 1.54) is 0 Å². The van der Waals surface area contributed by atoms with E-state index in [9.17, 15) is 9.90 Å². The molecule has 0 spiro atoms. The zero-order valence-electron chi connectivity index (χ0n) is 14.1. The molecule has 2 heterocycles. The first kappa shape index (κ1) is 16.6. The summed E-state index contributed by atoms with van der Waals surface area (Å²) in [5.74, 6) is -0.549. The monoisotopic (exact) mass is 325 g/mol. The third-order valence-electron chi connectivity index (χ3n) is 4.76. The van der Waals surface area contributed by atoms with Gasteiger partial charge in [-0.25, -0.2) is 9.78 Å². The van der Waals surface area contributed by atoms with Gasteiger partial charge >= 0.3 is 5.97 Å². The molecule has 1 saturated heterocycles. The summed E-state index contributed by atoms with van der Waals surface area (Å²) in [7, 11) is 0. The summed E-state index contributed by atoms with van der Waals surface area (Å²) in [6.07, 6.45) is 5.60. The van der Waals surface area contributed by atoms with Crippen LogP contribution in [-0.2, 0) is 0 Å². The van der Waals surface area contributed by atoms with Crippen LogP contribution in [0.5, 0.6) is 0 Å². The Morgan fingerprint density at radius 1 is 1.21 bits per heavy atom. The van der Waals surface area contributed by atoms with Gasteiger partial charge in [-0.2, -0.15) is 0 Å². The van der Waals surface area contributed by atoms with Crippen molar-refractivity contribution in [2.75, 3.05) is 13.1 Å². The predicted molar refractivity (Wildman–Crippen MR) is 93.1 cm³/mol. The van der Waals surface area contributed by atoms with Crippen molar-refractivity contribution in [3.8, 4) is 11.3 Å². The molecule has 2 aromatic rings. The molecular weight excluding hydrogens is 302 g/mol. The Morgan fingerprint density at radius 3 is 2.58 bits per heavy atom. The van der Waals surface area contributed by atoms with Crippen LogP contribution in [0.3, 0.4) is 0 Å². The van der Waals surface area contributed by atoms with E-state index in [1.807, 2.05) is 12.3 Å². The van der Waals surface area contributed by atoms with E-state index in [0.717, 1.165) is 31.6 Å². The minimum atomic E-state index is -0.942. The largest absolute Gasteiger partial charge is 0.478 e. The summed E-state index contributed by atoms with van der Waals surface area (Å²) < 4.78 is 0. The van der Waals surface area contributed by atoms with Crippen LogP contribution in [0.25, 0.3) is 11.3 Å². The number of hydrogen-bond acceptors (Lipinski definition) is 4. The second kappa shape index (κ2) is 7.09. The average molecular weight is 325 g/mol. The number of aromatic carboxylic acids is 1. The first-order chi connectivity index (χ1) is 11.6. The molecule has 1 aromatic carbocycles. The highest BCUT2D eigenvalue weighted by Crippen LogP contribution is 2.29. The van der Waals surface area contributed by atoms with Crippen molar-refractivity contribution in [2.45, 2.75) is 38.6 Å². The summed E-state index contributed by atoms with van der Waals surface area (Å²) in [4.78, 5) is 23.0. The van der Waals surface area contributed by atoms with E-state index in [1.54, 1.807) is 24.4 Å². The third-order valence-corrected chi connectivity index (χ3v) is 4.76. The number of carboxylic acid groups (broad SMARTS) is 1. The molecule has 1 N–H and O–H groups in total. The predicted octanol–water partition coefficient (Wildman–Crippen LogP) is 3.43. The molecule has 1 aliphatic rings. The van der Waals surface area contributed by atoms with Gasteiger partial charge in [-0.1, -0.05) is 18.2 Å². The number of piperidine rings is 1. The Bertz CT molecular complexity index is 722. The fraction of sp³-hybridized carbons (Fsp3) is 0.421. The van der Waals surface area contributed by atoms with Crippen molar-refractivity contribution in [3.63, 3.8) is 0 Å². The van der Waals surface area contributed by atoms with E-state index in [4.69, 9.17) is 4.98 Å². The quantitative estimate of drug-likeness (QED) is 0.933. The molecule has 0 unspecified atom stereocenters. The number of carbonyl (C=O) groups is 1. The molecule has 1 fully saturated rings. The molecule has 1 aliphatic heterocycles. The lowest BCUT2D eigenvalue weighted by atomic mass is 9.93. The van der Waals surface area contributed by atoms with E-state index in [2.05, 4.69) is 23.7 Å². The van der Waals surface area contributed by atoms with Crippen molar-refractivity contribution in [1.82, 2.24) is 14.9 Å². The van der Waals surface area contributed by atoms with Gasteiger partial charge in [0.15, 0.2) is 0 Å².